The second kappa shape index (κ2) is 5.24. The molecule has 1 aliphatic rings. The van der Waals surface area contributed by atoms with Crippen LogP contribution in [-0.4, -0.2) is 28.3 Å². The standard InChI is InChI=1S/C14H16N4O/c19-14-8-12(10-16-14)15-9-11-2-4-13(5-3-11)18-7-1-6-17-18/h1-7,12,15H,8-10H2,(H,16,19). The molecule has 2 heterocycles. The number of hydrogen-bond donors (Lipinski definition) is 2. The van der Waals surface area contributed by atoms with Gasteiger partial charge in [-0.2, -0.15) is 5.10 Å². The number of hydrogen-bond acceptors (Lipinski definition) is 3. The molecule has 1 aliphatic heterocycles. The van der Waals surface area contributed by atoms with E-state index in [1.807, 2.05) is 29.1 Å². The Morgan fingerprint density at radius 1 is 1.37 bits per heavy atom. The number of aromatic nitrogens is 2. The second-order valence-electron chi connectivity index (χ2n) is 4.70. The van der Waals surface area contributed by atoms with E-state index in [1.54, 1.807) is 6.20 Å². The molecule has 1 saturated heterocycles. The first-order valence-corrected chi connectivity index (χ1v) is 6.40. The van der Waals surface area contributed by atoms with Crippen molar-refractivity contribution in [1.82, 2.24) is 20.4 Å². The lowest BCUT2D eigenvalue weighted by Crippen LogP contribution is -2.30. The second-order valence-corrected chi connectivity index (χ2v) is 4.70. The Morgan fingerprint density at radius 3 is 2.84 bits per heavy atom. The van der Waals surface area contributed by atoms with Crippen molar-refractivity contribution in [3.8, 4) is 5.69 Å². The molecule has 2 aromatic rings. The number of nitrogens with one attached hydrogen (secondary N) is 2. The van der Waals surface area contributed by atoms with Gasteiger partial charge in [0.05, 0.1) is 5.69 Å². The summed E-state index contributed by atoms with van der Waals surface area (Å²) in [5.74, 6) is 0.131. The van der Waals surface area contributed by atoms with Gasteiger partial charge < -0.3 is 10.6 Å². The Balaban J connectivity index is 1.59. The molecule has 1 atom stereocenters. The predicted molar refractivity (Wildman–Crippen MR) is 71.8 cm³/mol. The zero-order valence-electron chi connectivity index (χ0n) is 10.5. The van der Waals surface area contributed by atoms with Crippen molar-refractivity contribution in [3.63, 3.8) is 0 Å². The molecule has 0 spiro atoms. The number of benzene rings is 1. The SMILES string of the molecule is O=C1CC(NCc2ccc(-n3cccn3)cc2)CN1. The van der Waals surface area contributed by atoms with Crippen molar-refractivity contribution < 1.29 is 4.79 Å². The highest BCUT2D eigenvalue weighted by molar-refractivity contribution is 5.78. The van der Waals surface area contributed by atoms with E-state index in [0.717, 1.165) is 18.8 Å². The molecule has 0 saturated carbocycles. The molecule has 5 heteroatoms. The highest BCUT2D eigenvalue weighted by atomic mass is 16.1. The van der Waals surface area contributed by atoms with Gasteiger partial charge in [0.15, 0.2) is 0 Å². The van der Waals surface area contributed by atoms with Crippen LogP contribution >= 0.6 is 0 Å². The molecular formula is C14H16N4O. The van der Waals surface area contributed by atoms with Gasteiger partial charge in [-0.15, -0.1) is 0 Å². The summed E-state index contributed by atoms with van der Waals surface area (Å²) in [7, 11) is 0. The Morgan fingerprint density at radius 2 is 2.21 bits per heavy atom. The molecule has 3 rings (SSSR count). The molecule has 1 fully saturated rings. The van der Waals surface area contributed by atoms with Gasteiger partial charge in [0.25, 0.3) is 0 Å². The lowest BCUT2D eigenvalue weighted by molar-refractivity contribution is -0.119. The van der Waals surface area contributed by atoms with Crippen LogP contribution in [0.5, 0.6) is 0 Å². The summed E-state index contributed by atoms with van der Waals surface area (Å²) in [6.07, 6.45) is 4.26. The zero-order chi connectivity index (χ0) is 13.1. The highest BCUT2D eigenvalue weighted by Gasteiger charge is 2.20. The molecule has 98 valence electrons. The Labute approximate surface area is 111 Å². The molecule has 1 aromatic heterocycles. The van der Waals surface area contributed by atoms with E-state index in [4.69, 9.17) is 0 Å². The van der Waals surface area contributed by atoms with E-state index >= 15 is 0 Å². The van der Waals surface area contributed by atoms with E-state index in [1.165, 1.54) is 5.56 Å². The minimum atomic E-state index is 0.131. The van der Waals surface area contributed by atoms with Gasteiger partial charge in [0, 0.05) is 37.9 Å². The Bertz CT molecular complexity index is 547. The third-order valence-electron chi connectivity index (χ3n) is 3.28. The predicted octanol–water partition coefficient (Wildman–Crippen LogP) is 0.850. The summed E-state index contributed by atoms with van der Waals surface area (Å²) < 4.78 is 1.83. The first-order chi connectivity index (χ1) is 9.31. The summed E-state index contributed by atoms with van der Waals surface area (Å²) >= 11 is 0. The van der Waals surface area contributed by atoms with E-state index in [2.05, 4.69) is 27.9 Å². The maximum Gasteiger partial charge on any atom is 0.221 e. The topological polar surface area (TPSA) is 59.0 Å². The summed E-state index contributed by atoms with van der Waals surface area (Å²) in [4.78, 5) is 11.1. The van der Waals surface area contributed by atoms with E-state index in [0.29, 0.717) is 6.42 Å². The van der Waals surface area contributed by atoms with Crippen LogP contribution < -0.4 is 10.6 Å². The number of rotatable bonds is 4. The zero-order valence-corrected chi connectivity index (χ0v) is 10.5. The average Bonchev–Trinajstić information content (AvgIpc) is 3.08. The monoisotopic (exact) mass is 256 g/mol. The highest BCUT2D eigenvalue weighted by Crippen LogP contribution is 2.09. The molecule has 1 amide bonds. The van der Waals surface area contributed by atoms with Crippen molar-refractivity contribution in [2.24, 2.45) is 0 Å². The van der Waals surface area contributed by atoms with Crippen molar-refractivity contribution in [3.05, 3.63) is 48.3 Å². The maximum atomic E-state index is 11.1. The fraction of sp³-hybridized carbons (Fsp3) is 0.286. The van der Waals surface area contributed by atoms with Crippen molar-refractivity contribution >= 4 is 5.91 Å². The quantitative estimate of drug-likeness (QED) is 0.852. The molecule has 2 N–H and O–H groups in total. The van der Waals surface area contributed by atoms with Crippen molar-refractivity contribution in [1.29, 1.82) is 0 Å². The molecule has 0 bridgehead atoms. The Hall–Kier alpha value is -2.14. The maximum absolute atomic E-state index is 11.1. The van der Waals surface area contributed by atoms with Crippen LogP contribution in [0.3, 0.4) is 0 Å². The third-order valence-corrected chi connectivity index (χ3v) is 3.28. The van der Waals surface area contributed by atoms with Crippen LogP contribution in [0.4, 0.5) is 0 Å². The fourth-order valence-corrected chi connectivity index (χ4v) is 2.20. The number of carbonyl (C=O) groups excluding carboxylic acids is 1. The summed E-state index contributed by atoms with van der Waals surface area (Å²) in [5, 5.41) is 10.4. The molecular weight excluding hydrogens is 240 g/mol. The largest absolute Gasteiger partial charge is 0.354 e. The van der Waals surface area contributed by atoms with Gasteiger partial charge in [-0.05, 0) is 23.8 Å². The van der Waals surface area contributed by atoms with E-state index in [-0.39, 0.29) is 11.9 Å². The molecule has 0 aliphatic carbocycles. The molecule has 19 heavy (non-hydrogen) atoms. The normalized spacial score (nSPS) is 18.5. The van der Waals surface area contributed by atoms with Gasteiger partial charge in [0.1, 0.15) is 0 Å². The molecule has 5 nitrogen and oxygen atoms in total. The number of carbonyl (C=O) groups is 1. The lowest BCUT2D eigenvalue weighted by Gasteiger charge is -2.10. The summed E-state index contributed by atoms with van der Waals surface area (Å²) in [5.41, 5.74) is 2.25. The van der Waals surface area contributed by atoms with Gasteiger partial charge in [-0.1, -0.05) is 12.1 Å². The van der Waals surface area contributed by atoms with E-state index < -0.39 is 0 Å². The van der Waals surface area contributed by atoms with Crippen molar-refractivity contribution in [2.45, 2.75) is 19.0 Å². The van der Waals surface area contributed by atoms with Crippen LogP contribution in [-0.2, 0) is 11.3 Å². The number of nitrogens with zero attached hydrogens (tertiary/aromatic N) is 2. The average molecular weight is 256 g/mol. The summed E-state index contributed by atoms with van der Waals surface area (Å²) in [6.45, 7) is 1.50. The van der Waals surface area contributed by atoms with Crippen LogP contribution in [0.15, 0.2) is 42.7 Å². The summed E-state index contributed by atoms with van der Waals surface area (Å²) in [6, 6.07) is 10.4. The minimum absolute atomic E-state index is 0.131. The molecule has 1 aromatic carbocycles. The first kappa shape index (κ1) is 11.9. The van der Waals surface area contributed by atoms with Gasteiger partial charge in [0.2, 0.25) is 5.91 Å². The van der Waals surface area contributed by atoms with Gasteiger partial charge in [-0.25, -0.2) is 4.68 Å². The third kappa shape index (κ3) is 2.82. The van der Waals surface area contributed by atoms with Crippen LogP contribution in [0.1, 0.15) is 12.0 Å². The lowest BCUT2D eigenvalue weighted by atomic mass is 10.2. The Kier molecular flexibility index (Phi) is 3.29. The van der Waals surface area contributed by atoms with E-state index in [9.17, 15) is 4.79 Å². The van der Waals surface area contributed by atoms with Crippen LogP contribution in [0.2, 0.25) is 0 Å². The fourth-order valence-electron chi connectivity index (χ4n) is 2.20. The smallest absolute Gasteiger partial charge is 0.221 e. The van der Waals surface area contributed by atoms with Crippen LogP contribution in [0, 0.1) is 0 Å². The van der Waals surface area contributed by atoms with Crippen molar-refractivity contribution in [2.75, 3.05) is 6.54 Å². The molecule has 0 radical (unpaired) electrons. The van der Waals surface area contributed by atoms with Gasteiger partial charge >= 0.3 is 0 Å². The number of amides is 1. The van der Waals surface area contributed by atoms with Crippen LogP contribution in [0.25, 0.3) is 5.69 Å². The first-order valence-electron chi connectivity index (χ1n) is 6.40. The minimum Gasteiger partial charge on any atom is -0.354 e. The van der Waals surface area contributed by atoms with Gasteiger partial charge in [-0.3, -0.25) is 4.79 Å². The molecule has 1 unspecified atom stereocenters.